The first-order valence-corrected chi connectivity index (χ1v) is 8.66. The SMILES string of the molecule is Nc1cccc(C(=O)N2CCc3noc(-c4cc(Cl)c(O)cc4O)c3C2)c1. The van der Waals surface area contributed by atoms with E-state index in [1.165, 1.54) is 6.07 Å². The summed E-state index contributed by atoms with van der Waals surface area (Å²) >= 11 is 5.96. The average Bonchev–Trinajstić information content (AvgIpc) is 3.07. The van der Waals surface area contributed by atoms with Gasteiger partial charge in [-0.15, -0.1) is 0 Å². The molecule has 1 aromatic heterocycles. The third-order valence-corrected chi connectivity index (χ3v) is 4.87. The minimum Gasteiger partial charge on any atom is -0.507 e. The van der Waals surface area contributed by atoms with Crippen LogP contribution in [0, 0.1) is 0 Å². The number of hydrogen-bond donors (Lipinski definition) is 3. The van der Waals surface area contributed by atoms with E-state index >= 15 is 0 Å². The van der Waals surface area contributed by atoms with Gasteiger partial charge in [-0.3, -0.25) is 4.79 Å². The van der Waals surface area contributed by atoms with Gasteiger partial charge in [0.2, 0.25) is 0 Å². The van der Waals surface area contributed by atoms with Gasteiger partial charge in [0.25, 0.3) is 5.91 Å². The topological polar surface area (TPSA) is 113 Å². The minimum absolute atomic E-state index is 0.0800. The monoisotopic (exact) mass is 385 g/mol. The smallest absolute Gasteiger partial charge is 0.254 e. The van der Waals surface area contributed by atoms with E-state index < -0.39 is 0 Å². The van der Waals surface area contributed by atoms with E-state index in [0.717, 1.165) is 11.8 Å². The lowest BCUT2D eigenvalue weighted by atomic mass is 10.00. The van der Waals surface area contributed by atoms with Gasteiger partial charge in [-0.05, 0) is 24.3 Å². The summed E-state index contributed by atoms with van der Waals surface area (Å²) < 4.78 is 5.42. The normalized spacial score (nSPS) is 13.4. The number of phenols is 2. The molecule has 0 aliphatic carbocycles. The van der Waals surface area contributed by atoms with Gasteiger partial charge >= 0.3 is 0 Å². The van der Waals surface area contributed by atoms with Crippen LogP contribution in [0.1, 0.15) is 21.6 Å². The molecule has 1 aliphatic heterocycles. The molecular weight excluding hydrogens is 370 g/mol. The Balaban J connectivity index is 1.68. The maximum absolute atomic E-state index is 12.8. The van der Waals surface area contributed by atoms with Gasteiger partial charge in [-0.2, -0.15) is 0 Å². The van der Waals surface area contributed by atoms with Gasteiger partial charge in [-0.25, -0.2) is 0 Å². The van der Waals surface area contributed by atoms with Gasteiger partial charge in [0, 0.05) is 35.8 Å². The number of nitrogen functional groups attached to an aromatic ring is 1. The highest BCUT2D eigenvalue weighted by atomic mass is 35.5. The van der Waals surface area contributed by atoms with Crippen molar-refractivity contribution in [3.63, 3.8) is 0 Å². The van der Waals surface area contributed by atoms with Crippen molar-refractivity contribution in [2.75, 3.05) is 12.3 Å². The van der Waals surface area contributed by atoms with E-state index in [1.54, 1.807) is 29.2 Å². The van der Waals surface area contributed by atoms with Crippen LogP contribution in [0.5, 0.6) is 11.5 Å². The number of fused-ring (bicyclic) bond motifs is 1. The predicted molar refractivity (Wildman–Crippen MR) is 99.6 cm³/mol. The lowest BCUT2D eigenvalue weighted by Gasteiger charge is -2.26. The maximum Gasteiger partial charge on any atom is 0.254 e. The molecule has 0 atom stereocenters. The van der Waals surface area contributed by atoms with Gasteiger partial charge < -0.3 is 25.4 Å². The molecule has 0 fully saturated rings. The summed E-state index contributed by atoms with van der Waals surface area (Å²) in [6.45, 7) is 0.772. The summed E-state index contributed by atoms with van der Waals surface area (Å²) in [6.07, 6.45) is 0.527. The Morgan fingerprint density at radius 2 is 2.04 bits per heavy atom. The van der Waals surface area contributed by atoms with Crippen LogP contribution in [0.2, 0.25) is 5.02 Å². The molecule has 8 heteroatoms. The molecule has 0 saturated carbocycles. The van der Waals surface area contributed by atoms with E-state index in [-0.39, 0.29) is 29.0 Å². The Morgan fingerprint density at radius 3 is 2.81 bits per heavy atom. The Labute approximate surface area is 159 Å². The molecule has 0 saturated heterocycles. The van der Waals surface area contributed by atoms with E-state index in [4.69, 9.17) is 21.9 Å². The van der Waals surface area contributed by atoms with E-state index in [0.29, 0.717) is 41.1 Å². The Kier molecular flexibility index (Phi) is 4.16. The zero-order chi connectivity index (χ0) is 19.1. The number of anilines is 1. The van der Waals surface area contributed by atoms with Gasteiger partial charge in [0.1, 0.15) is 11.5 Å². The standard InChI is InChI=1S/C19H16ClN3O4/c20-14-7-12(16(24)8-17(14)25)18-13-9-23(5-4-15(13)22-27-18)19(26)10-2-1-3-11(21)6-10/h1-3,6-8,24-25H,4-5,9,21H2. The highest BCUT2D eigenvalue weighted by Gasteiger charge is 2.29. The van der Waals surface area contributed by atoms with Crippen LogP contribution in [-0.4, -0.2) is 32.7 Å². The van der Waals surface area contributed by atoms with Crippen LogP contribution < -0.4 is 5.73 Å². The van der Waals surface area contributed by atoms with Crippen LogP contribution in [-0.2, 0) is 13.0 Å². The molecule has 1 aliphatic rings. The molecule has 0 unspecified atom stereocenters. The first kappa shape index (κ1) is 17.2. The van der Waals surface area contributed by atoms with Gasteiger partial charge in [0.05, 0.1) is 22.8 Å². The summed E-state index contributed by atoms with van der Waals surface area (Å²) in [6, 6.07) is 9.36. The fraction of sp³-hybridized carbons (Fsp3) is 0.158. The second kappa shape index (κ2) is 6.51. The van der Waals surface area contributed by atoms with E-state index in [1.807, 2.05) is 0 Å². The number of benzene rings is 2. The van der Waals surface area contributed by atoms with Crippen molar-refractivity contribution in [3.05, 3.63) is 58.2 Å². The number of nitrogens with two attached hydrogens (primary N) is 1. The van der Waals surface area contributed by atoms with Crippen LogP contribution >= 0.6 is 11.6 Å². The number of hydrogen-bond acceptors (Lipinski definition) is 6. The lowest BCUT2D eigenvalue weighted by Crippen LogP contribution is -2.35. The molecular formula is C19H16ClN3O4. The van der Waals surface area contributed by atoms with E-state index in [2.05, 4.69) is 5.16 Å². The third-order valence-electron chi connectivity index (χ3n) is 4.57. The molecule has 27 heavy (non-hydrogen) atoms. The number of carbonyl (C=O) groups is 1. The lowest BCUT2D eigenvalue weighted by molar-refractivity contribution is 0.0734. The van der Waals surface area contributed by atoms with Crippen molar-refractivity contribution in [1.29, 1.82) is 0 Å². The largest absolute Gasteiger partial charge is 0.507 e. The molecule has 138 valence electrons. The highest BCUT2D eigenvalue weighted by Crippen LogP contribution is 2.40. The molecule has 0 radical (unpaired) electrons. The number of rotatable bonds is 2. The number of halogens is 1. The van der Waals surface area contributed by atoms with E-state index in [9.17, 15) is 15.0 Å². The fourth-order valence-corrected chi connectivity index (χ4v) is 3.35. The first-order valence-electron chi connectivity index (χ1n) is 8.28. The number of phenolic OH excluding ortho intramolecular Hbond substituents is 2. The first-order chi connectivity index (χ1) is 12.9. The molecule has 0 bridgehead atoms. The quantitative estimate of drug-likeness (QED) is 0.584. The Morgan fingerprint density at radius 1 is 1.22 bits per heavy atom. The number of aromatic nitrogens is 1. The Bertz CT molecular complexity index is 1050. The zero-order valence-corrected chi connectivity index (χ0v) is 14.9. The maximum atomic E-state index is 12.8. The molecule has 1 amide bonds. The second-order valence-corrected chi connectivity index (χ2v) is 6.77. The molecule has 0 spiro atoms. The molecule has 4 N–H and O–H groups in total. The zero-order valence-electron chi connectivity index (χ0n) is 14.1. The highest BCUT2D eigenvalue weighted by molar-refractivity contribution is 6.32. The number of aromatic hydroxyl groups is 2. The second-order valence-electron chi connectivity index (χ2n) is 6.36. The van der Waals surface area contributed by atoms with Crippen molar-refractivity contribution in [1.82, 2.24) is 10.1 Å². The number of amides is 1. The van der Waals surface area contributed by atoms with Crippen LogP contribution in [0.15, 0.2) is 40.9 Å². The predicted octanol–water partition coefficient (Wildman–Crippen LogP) is 3.19. The number of carbonyl (C=O) groups excluding carboxylic acids is 1. The molecule has 2 aromatic carbocycles. The molecule has 7 nitrogen and oxygen atoms in total. The van der Waals surface area contributed by atoms with Gasteiger partial charge in [0.15, 0.2) is 5.76 Å². The number of nitrogens with zero attached hydrogens (tertiary/aromatic N) is 2. The summed E-state index contributed by atoms with van der Waals surface area (Å²) in [5, 5.41) is 23.9. The minimum atomic E-state index is -0.232. The van der Waals surface area contributed by atoms with Crippen LogP contribution in [0.3, 0.4) is 0 Å². The van der Waals surface area contributed by atoms with Crippen molar-refractivity contribution in [2.24, 2.45) is 0 Å². The summed E-state index contributed by atoms with van der Waals surface area (Å²) in [4.78, 5) is 14.5. The van der Waals surface area contributed by atoms with Crippen molar-refractivity contribution >= 4 is 23.2 Å². The summed E-state index contributed by atoms with van der Waals surface area (Å²) in [5.41, 5.74) is 8.54. The molecule has 4 rings (SSSR count). The van der Waals surface area contributed by atoms with Gasteiger partial charge in [-0.1, -0.05) is 22.8 Å². The van der Waals surface area contributed by atoms with Crippen LogP contribution in [0.4, 0.5) is 5.69 Å². The summed E-state index contributed by atoms with van der Waals surface area (Å²) in [7, 11) is 0. The third kappa shape index (κ3) is 3.06. The average molecular weight is 386 g/mol. The van der Waals surface area contributed by atoms with Crippen LogP contribution in [0.25, 0.3) is 11.3 Å². The fourth-order valence-electron chi connectivity index (χ4n) is 3.18. The van der Waals surface area contributed by atoms with Crippen molar-refractivity contribution in [3.8, 4) is 22.8 Å². The van der Waals surface area contributed by atoms with Crippen molar-refractivity contribution in [2.45, 2.75) is 13.0 Å². The molecule has 3 aromatic rings. The van der Waals surface area contributed by atoms with Crippen molar-refractivity contribution < 1.29 is 19.5 Å². The summed E-state index contributed by atoms with van der Waals surface area (Å²) in [5.74, 6) is -0.234. The Hall–Kier alpha value is -3.19. The molecule has 2 heterocycles.